The molecule has 0 aliphatic carbocycles. The molecule has 0 spiro atoms. The number of aliphatic hydroxyl groups is 1. The number of amides is 1. The van der Waals surface area contributed by atoms with Crippen molar-refractivity contribution in [3.05, 3.63) is 52.7 Å². The number of carbonyl (C=O) groups excluding carboxylic acids is 1. The Hall–Kier alpha value is -1.66. The Balaban J connectivity index is 2.08. The van der Waals surface area contributed by atoms with Gasteiger partial charge in [0.2, 0.25) is 0 Å². The van der Waals surface area contributed by atoms with Crippen LogP contribution in [0.2, 0.25) is 0 Å². The number of aliphatic hydroxyl groups excluding tert-OH is 1. The highest BCUT2D eigenvalue weighted by atomic mass is 79.9. The maximum atomic E-state index is 11.9. The van der Waals surface area contributed by atoms with Crippen LogP contribution in [-0.2, 0) is 0 Å². The number of hydrogen-bond donors (Lipinski definition) is 2. The molecule has 1 atom stereocenters. The van der Waals surface area contributed by atoms with Gasteiger partial charge in [0.1, 0.15) is 16.4 Å². The fourth-order valence-corrected chi connectivity index (χ4v) is 1.68. The summed E-state index contributed by atoms with van der Waals surface area (Å²) >= 11 is 3.19. The van der Waals surface area contributed by atoms with E-state index in [0.717, 1.165) is 0 Å². The Morgan fingerprint density at radius 1 is 1.50 bits per heavy atom. The monoisotopic (exact) mass is 310 g/mol. The van der Waals surface area contributed by atoms with Crippen molar-refractivity contribution in [1.29, 1.82) is 0 Å². The van der Waals surface area contributed by atoms with Crippen molar-refractivity contribution >= 4 is 21.8 Å². The number of furan rings is 1. The van der Waals surface area contributed by atoms with Crippen molar-refractivity contribution in [2.75, 3.05) is 6.61 Å². The molecule has 0 fully saturated rings. The zero-order chi connectivity index (χ0) is 13.0. The Morgan fingerprint density at radius 3 is 2.89 bits per heavy atom. The van der Waals surface area contributed by atoms with Gasteiger partial charge in [-0.1, -0.05) is 0 Å². The van der Waals surface area contributed by atoms with Crippen LogP contribution in [0.3, 0.4) is 0 Å². The molecule has 0 aromatic carbocycles. The quantitative estimate of drug-likeness (QED) is 0.846. The van der Waals surface area contributed by atoms with E-state index < -0.39 is 6.04 Å². The second-order valence-corrected chi connectivity index (χ2v) is 4.41. The Kier molecular flexibility index (Phi) is 4.11. The molecule has 2 heterocycles. The lowest BCUT2D eigenvalue weighted by Crippen LogP contribution is -2.30. The summed E-state index contributed by atoms with van der Waals surface area (Å²) in [5.74, 6) is 0.196. The Bertz CT molecular complexity index is 511. The summed E-state index contributed by atoms with van der Waals surface area (Å²) in [4.78, 5) is 15.9. The number of halogens is 1. The number of pyridine rings is 1. The summed E-state index contributed by atoms with van der Waals surface area (Å²) in [5, 5.41) is 11.9. The number of rotatable bonds is 4. The average Bonchev–Trinajstić information content (AvgIpc) is 2.90. The topological polar surface area (TPSA) is 75.4 Å². The zero-order valence-corrected chi connectivity index (χ0v) is 10.9. The molecule has 5 nitrogen and oxygen atoms in total. The molecule has 0 aliphatic heterocycles. The van der Waals surface area contributed by atoms with Crippen molar-refractivity contribution in [2.24, 2.45) is 0 Å². The third-order valence-corrected chi connectivity index (χ3v) is 2.83. The molecule has 18 heavy (non-hydrogen) atoms. The van der Waals surface area contributed by atoms with Crippen LogP contribution >= 0.6 is 15.9 Å². The van der Waals surface area contributed by atoms with E-state index in [-0.39, 0.29) is 12.5 Å². The molecule has 1 unspecified atom stereocenters. The SMILES string of the molecule is O=C(NC(CO)c1ccco1)c1ccc(Br)nc1. The first-order chi connectivity index (χ1) is 8.70. The number of carbonyl (C=O) groups is 1. The fourth-order valence-electron chi connectivity index (χ4n) is 1.45. The Labute approximate surface area is 112 Å². The van der Waals surface area contributed by atoms with Crippen LogP contribution in [0.25, 0.3) is 0 Å². The largest absolute Gasteiger partial charge is 0.467 e. The number of aromatic nitrogens is 1. The standard InChI is InChI=1S/C12H11BrN2O3/c13-11-4-3-8(6-14-11)12(17)15-9(7-16)10-2-1-5-18-10/h1-6,9,16H,7H2,(H,15,17). The van der Waals surface area contributed by atoms with Crippen LogP contribution in [0.1, 0.15) is 22.2 Å². The van der Waals surface area contributed by atoms with Crippen LogP contribution in [0.4, 0.5) is 0 Å². The minimum Gasteiger partial charge on any atom is -0.467 e. The van der Waals surface area contributed by atoms with Gasteiger partial charge in [0.05, 0.1) is 18.4 Å². The van der Waals surface area contributed by atoms with Gasteiger partial charge >= 0.3 is 0 Å². The molecule has 2 N–H and O–H groups in total. The number of nitrogens with one attached hydrogen (secondary N) is 1. The van der Waals surface area contributed by atoms with Crippen molar-refractivity contribution in [1.82, 2.24) is 10.3 Å². The predicted octanol–water partition coefficient (Wildman–Crippen LogP) is 1.90. The van der Waals surface area contributed by atoms with Gasteiger partial charge in [-0.25, -0.2) is 4.98 Å². The van der Waals surface area contributed by atoms with Crippen molar-refractivity contribution < 1.29 is 14.3 Å². The molecular formula is C12H11BrN2O3. The zero-order valence-electron chi connectivity index (χ0n) is 9.34. The molecule has 0 saturated heterocycles. The number of hydrogen-bond acceptors (Lipinski definition) is 4. The lowest BCUT2D eigenvalue weighted by Gasteiger charge is -2.13. The normalized spacial score (nSPS) is 12.1. The van der Waals surface area contributed by atoms with E-state index in [4.69, 9.17) is 4.42 Å². The third kappa shape index (κ3) is 2.96. The van der Waals surface area contributed by atoms with Crippen LogP contribution in [0.15, 0.2) is 45.7 Å². The smallest absolute Gasteiger partial charge is 0.253 e. The molecule has 2 aromatic rings. The average molecular weight is 311 g/mol. The first-order valence-corrected chi connectivity index (χ1v) is 6.06. The Morgan fingerprint density at radius 2 is 2.33 bits per heavy atom. The van der Waals surface area contributed by atoms with E-state index in [2.05, 4.69) is 26.2 Å². The summed E-state index contributed by atoms with van der Waals surface area (Å²) < 4.78 is 5.80. The fraction of sp³-hybridized carbons (Fsp3) is 0.167. The van der Waals surface area contributed by atoms with Crippen LogP contribution in [-0.4, -0.2) is 22.6 Å². The minimum atomic E-state index is -0.559. The summed E-state index contributed by atoms with van der Waals surface area (Å²) in [6.07, 6.45) is 2.95. The highest BCUT2D eigenvalue weighted by Crippen LogP contribution is 2.14. The summed E-state index contributed by atoms with van der Waals surface area (Å²) in [6.45, 7) is -0.233. The van der Waals surface area contributed by atoms with Crippen molar-refractivity contribution in [2.45, 2.75) is 6.04 Å². The molecule has 2 rings (SSSR count). The van der Waals surface area contributed by atoms with Gasteiger partial charge in [0.25, 0.3) is 5.91 Å². The summed E-state index contributed by atoms with van der Waals surface area (Å²) in [7, 11) is 0. The summed E-state index contributed by atoms with van der Waals surface area (Å²) in [5.41, 5.74) is 0.420. The van der Waals surface area contributed by atoms with Crippen LogP contribution in [0, 0.1) is 0 Å². The molecule has 0 aliphatic rings. The van der Waals surface area contributed by atoms with Crippen molar-refractivity contribution in [3.63, 3.8) is 0 Å². The second-order valence-electron chi connectivity index (χ2n) is 3.59. The first kappa shape index (κ1) is 12.8. The molecule has 6 heteroatoms. The molecule has 2 aromatic heterocycles. The van der Waals surface area contributed by atoms with Gasteiger partial charge in [-0.05, 0) is 40.2 Å². The van der Waals surface area contributed by atoms with E-state index in [1.807, 2.05) is 0 Å². The third-order valence-electron chi connectivity index (χ3n) is 2.36. The van der Waals surface area contributed by atoms with Gasteiger partial charge in [-0.3, -0.25) is 4.79 Å². The molecule has 0 bridgehead atoms. The maximum absolute atomic E-state index is 11.9. The van der Waals surface area contributed by atoms with Gasteiger partial charge in [-0.15, -0.1) is 0 Å². The highest BCUT2D eigenvalue weighted by molar-refractivity contribution is 9.10. The van der Waals surface area contributed by atoms with Crippen LogP contribution < -0.4 is 5.32 Å². The molecule has 0 saturated carbocycles. The second kappa shape index (κ2) is 5.79. The first-order valence-electron chi connectivity index (χ1n) is 5.27. The predicted molar refractivity (Wildman–Crippen MR) is 67.9 cm³/mol. The van der Waals surface area contributed by atoms with Crippen molar-refractivity contribution in [3.8, 4) is 0 Å². The highest BCUT2D eigenvalue weighted by Gasteiger charge is 2.17. The van der Waals surface area contributed by atoms with Gasteiger partial charge in [-0.2, -0.15) is 0 Å². The lowest BCUT2D eigenvalue weighted by molar-refractivity contribution is 0.0907. The molecule has 1 amide bonds. The molecular weight excluding hydrogens is 300 g/mol. The summed E-state index contributed by atoms with van der Waals surface area (Å²) in [6, 6.07) is 6.15. The van der Waals surface area contributed by atoms with E-state index in [1.165, 1.54) is 12.5 Å². The number of nitrogens with zero attached hydrogens (tertiary/aromatic N) is 1. The van der Waals surface area contributed by atoms with E-state index >= 15 is 0 Å². The van der Waals surface area contributed by atoms with E-state index in [0.29, 0.717) is 15.9 Å². The van der Waals surface area contributed by atoms with Gasteiger partial charge < -0.3 is 14.8 Å². The lowest BCUT2D eigenvalue weighted by atomic mass is 10.2. The minimum absolute atomic E-state index is 0.233. The maximum Gasteiger partial charge on any atom is 0.253 e. The molecule has 0 radical (unpaired) electrons. The van der Waals surface area contributed by atoms with E-state index in [9.17, 15) is 9.90 Å². The van der Waals surface area contributed by atoms with Crippen LogP contribution in [0.5, 0.6) is 0 Å². The van der Waals surface area contributed by atoms with Gasteiger partial charge in [0, 0.05) is 6.20 Å². The van der Waals surface area contributed by atoms with Gasteiger partial charge in [0.15, 0.2) is 0 Å². The van der Waals surface area contributed by atoms with E-state index in [1.54, 1.807) is 24.3 Å². The molecule has 94 valence electrons.